The minimum Gasteiger partial charge on any atom is -0.393 e. The van der Waals surface area contributed by atoms with Crippen molar-refractivity contribution in [2.45, 2.75) is 6.92 Å². The van der Waals surface area contributed by atoms with Gasteiger partial charge in [-0.2, -0.15) is 0 Å². The minimum atomic E-state index is 0.493. The number of allylic oxidation sites excluding steroid dienone is 1. The molecule has 0 aliphatic rings. The van der Waals surface area contributed by atoms with E-state index < -0.39 is 0 Å². The quantitative estimate of drug-likeness (QED) is 0.367. The van der Waals surface area contributed by atoms with E-state index in [2.05, 4.69) is 12.6 Å². The summed E-state index contributed by atoms with van der Waals surface area (Å²) in [4.78, 5) is 0.850. The predicted molar refractivity (Wildman–Crippen MR) is 37.7 cm³/mol. The molecule has 0 aromatic heterocycles. The molecule has 0 aliphatic heterocycles. The Labute approximate surface area is 52.9 Å². The Morgan fingerprint density at radius 2 is 2.14 bits per heavy atom. The summed E-state index contributed by atoms with van der Waals surface area (Å²) in [5.74, 6) is 0. The molecule has 0 saturated heterocycles. The van der Waals surface area contributed by atoms with E-state index in [0.29, 0.717) is 5.03 Å². The monoisotopic (exact) mass is 136 g/mol. The molecule has 4 heteroatoms. The second-order valence-electron chi connectivity index (χ2n) is 1.06. The highest BCUT2D eigenvalue weighted by molar-refractivity contribution is 8.01. The molecule has 42 valence electrons. The molecule has 0 heterocycles. The highest BCUT2D eigenvalue weighted by atomic mass is 32.2. The fourth-order valence-corrected chi connectivity index (χ4v) is 0.339. The molecule has 0 aromatic carbocycles. The summed E-state index contributed by atoms with van der Waals surface area (Å²) in [6, 6.07) is 0. The fraction of sp³-hybridized carbons (Fsp3) is 0.333. The third kappa shape index (κ3) is 2.85. The zero-order valence-electron chi connectivity index (χ0n) is 4.01. The Bertz CT molecular complexity index is 84.9. The van der Waals surface area contributed by atoms with E-state index in [1.807, 2.05) is 6.92 Å². The summed E-state index contributed by atoms with van der Waals surface area (Å²) in [7, 11) is 0. The zero-order valence-corrected chi connectivity index (χ0v) is 5.72. The molecule has 0 amide bonds. The zero-order chi connectivity index (χ0) is 5.86. The van der Waals surface area contributed by atoms with Crippen molar-refractivity contribution in [3.8, 4) is 0 Å². The average Bonchev–Trinajstić information content (AvgIpc) is 1.65. The van der Waals surface area contributed by atoms with Crippen LogP contribution in [-0.2, 0) is 0 Å². The number of rotatable bonds is 1. The number of hydrogen-bond acceptors (Lipinski definition) is 4. The van der Waals surface area contributed by atoms with Crippen molar-refractivity contribution in [2.75, 3.05) is 0 Å². The maximum absolute atomic E-state index is 5.19. The number of thiol groups is 1. The lowest BCUT2D eigenvalue weighted by Crippen LogP contribution is -1.91. The van der Waals surface area contributed by atoms with Gasteiger partial charge in [-0.05, 0) is 6.92 Å². The summed E-state index contributed by atoms with van der Waals surface area (Å²) in [6.07, 6.45) is 0. The van der Waals surface area contributed by atoms with Crippen molar-refractivity contribution in [2.24, 2.45) is 10.9 Å². The van der Waals surface area contributed by atoms with Crippen LogP contribution in [-0.4, -0.2) is 0 Å². The maximum atomic E-state index is 5.19. The summed E-state index contributed by atoms with van der Waals surface area (Å²) in [5, 5.41) is 5.60. The predicted octanol–water partition coefficient (Wildman–Crippen LogP) is 0.671. The van der Waals surface area contributed by atoms with Crippen LogP contribution in [0.1, 0.15) is 6.92 Å². The van der Waals surface area contributed by atoms with Crippen molar-refractivity contribution in [1.29, 1.82) is 0 Å². The van der Waals surface area contributed by atoms with E-state index >= 15 is 0 Å². The first kappa shape index (κ1) is 7.20. The molecule has 7 heavy (non-hydrogen) atoms. The van der Waals surface area contributed by atoms with Gasteiger partial charge in [0, 0.05) is 4.91 Å². The van der Waals surface area contributed by atoms with Crippen LogP contribution in [0.5, 0.6) is 0 Å². The van der Waals surface area contributed by atoms with Crippen molar-refractivity contribution >= 4 is 24.6 Å². The summed E-state index contributed by atoms with van der Waals surface area (Å²) in [6.45, 7) is 1.81. The van der Waals surface area contributed by atoms with Gasteiger partial charge in [0.15, 0.2) is 0 Å². The van der Waals surface area contributed by atoms with Crippen LogP contribution < -0.4 is 10.9 Å². The number of nitrogens with two attached hydrogens (primary N) is 2. The molecule has 0 atom stereocenters. The third-order valence-electron chi connectivity index (χ3n) is 0.537. The fourth-order valence-electron chi connectivity index (χ4n) is 0.0604. The van der Waals surface area contributed by atoms with Crippen LogP contribution in [0, 0.1) is 0 Å². The highest BCUT2D eigenvalue weighted by Crippen LogP contribution is 2.10. The van der Waals surface area contributed by atoms with Gasteiger partial charge >= 0.3 is 0 Å². The standard InChI is InChI=1S/C3H8N2S2/c1-2(7-5)3(4)6/h6H,4-5H2,1H3/b3-2+. The van der Waals surface area contributed by atoms with Gasteiger partial charge in [-0.25, -0.2) is 0 Å². The molecule has 0 bridgehead atoms. The van der Waals surface area contributed by atoms with Crippen molar-refractivity contribution in [1.82, 2.24) is 0 Å². The largest absolute Gasteiger partial charge is 0.393 e. The summed E-state index contributed by atoms with van der Waals surface area (Å²) in [5.41, 5.74) is 5.19. The van der Waals surface area contributed by atoms with E-state index in [1.54, 1.807) is 0 Å². The van der Waals surface area contributed by atoms with E-state index in [4.69, 9.17) is 10.9 Å². The SMILES string of the molecule is C/C(SN)=C(/N)S. The van der Waals surface area contributed by atoms with Gasteiger partial charge in [-0.1, -0.05) is 11.9 Å². The smallest absolute Gasteiger partial charge is 0.0731 e. The molecule has 0 unspecified atom stereocenters. The van der Waals surface area contributed by atoms with E-state index in [-0.39, 0.29) is 0 Å². The van der Waals surface area contributed by atoms with E-state index in [0.717, 1.165) is 16.9 Å². The summed E-state index contributed by atoms with van der Waals surface area (Å²) >= 11 is 4.94. The molecule has 0 radical (unpaired) electrons. The Hall–Kier alpha value is 0.200. The van der Waals surface area contributed by atoms with Gasteiger partial charge in [-0.15, -0.1) is 12.6 Å². The van der Waals surface area contributed by atoms with Crippen LogP contribution in [0.4, 0.5) is 0 Å². The van der Waals surface area contributed by atoms with E-state index in [1.165, 1.54) is 0 Å². The number of hydrogen-bond donors (Lipinski definition) is 3. The lowest BCUT2D eigenvalue weighted by Gasteiger charge is -1.92. The summed E-state index contributed by atoms with van der Waals surface area (Å²) < 4.78 is 0. The van der Waals surface area contributed by atoms with Gasteiger partial charge in [0.05, 0.1) is 5.03 Å². The Kier molecular flexibility index (Phi) is 3.33. The van der Waals surface area contributed by atoms with Crippen molar-refractivity contribution in [3.05, 3.63) is 9.93 Å². The second kappa shape index (κ2) is 3.23. The third-order valence-corrected chi connectivity index (χ3v) is 1.60. The van der Waals surface area contributed by atoms with Crippen molar-refractivity contribution < 1.29 is 0 Å². The molecule has 4 N–H and O–H groups in total. The van der Waals surface area contributed by atoms with Crippen LogP contribution in [0.3, 0.4) is 0 Å². The molecule has 0 saturated carbocycles. The Morgan fingerprint density at radius 1 is 1.71 bits per heavy atom. The molecule has 0 rings (SSSR count). The van der Waals surface area contributed by atoms with Gasteiger partial charge < -0.3 is 5.73 Å². The van der Waals surface area contributed by atoms with Crippen LogP contribution in [0.2, 0.25) is 0 Å². The average molecular weight is 136 g/mol. The molecule has 2 nitrogen and oxygen atoms in total. The highest BCUT2D eigenvalue weighted by Gasteiger charge is 1.86. The van der Waals surface area contributed by atoms with Crippen LogP contribution in [0.15, 0.2) is 9.93 Å². The first-order valence-corrected chi connectivity index (χ1v) is 3.03. The Balaban J connectivity index is 3.72. The molecule has 0 aromatic rings. The molecular formula is C3H8N2S2. The molecule has 0 spiro atoms. The van der Waals surface area contributed by atoms with Gasteiger partial charge in [-0.3, -0.25) is 5.14 Å². The normalized spacial score (nSPS) is 13.6. The minimum absolute atomic E-state index is 0.493. The first-order valence-electron chi connectivity index (χ1n) is 1.70. The van der Waals surface area contributed by atoms with Crippen LogP contribution in [0.25, 0.3) is 0 Å². The lowest BCUT2D eigenvalue weighted by molar-refractivity contribution is 1.48. The molecular weight excluding hydrogens is 128 g/mol. The Morgan fingerprint density at radius 3 is 2.14 bits per heavy atom. The van der Waals surface area contributed by atoms with Gasteiger partial charge in [0.25, 0.3) is 0 Å². The van der Waals surface area contributed by atoms with Crippen LogP contribution >= 0.6 is 24.6 Å². The lowest BCUT2D eigenvalue weighted by atomic mass is 10.7. The maximum Gasteiger partial charge on any atom is 0.0731 e. The van der Waals surface area contributed by atoms with E-state index in [9.17, 15) is 0 Å². The first-order chi connectivity index (χ1) is 3.18. The molecule has 0 aliphatic carbocycles. The van der Waals surface area contributed by atoms with Gasteiger partial charge in [0.2, 0.25) is 0 Å². The second-order valence-corrected chi connectivity index (χ2v) is 2.39. The van der Waals surface area contributed by atoms with Gasteiger partial charge in [0.1, 0.15) is 0 Å². The topological polar surface area (TPSA) is 52.0 Å². The van der Waals surface area contributed by atoms with Crippen molar-refractivity contribution in [3.63, 3.8) is 0 Å². The molecule has 0 fully saturated rings.